The van der Waals surface area contributed by atoms with Crippen LogP contribution in [0.2, 0.25) is 0 Å². The lowest BCUT2D eigenvalue weighted by atomic mass is 10.1. The number of thiophene rings is 1. The van der Waals surface area contributed by atoms with Gasteiger partial charge < -0.3 is 5.32 Å². The molecule has 0 saturated heterocycles. The van der Waals surface area contributed by atoms with Crippen molar-refractivity contribution in [1.29, 1.82) is 0 Å². The van der Waals surface area contributed by atoms with Gasteiger partial charge in [-0.2, -0.15) is 0 Å². The standard InChI is InChI=1S/C14H17N3O4S2/c1-10-4-3-5-12(17(18)19)14(10)15-8-9-16-23(20,21)13-7-6-11(2)22-13/h3-7,15-16H,8-9H2,1-2H3. The molecule has 0 bridgehead atoms. The first kappa shape index (κ1) is 17.4. The van der Waals surface area contributed by atoms with Gasteiger partial charge in [0.2, 0.25) is 10.0 Å². The molecule has 0 fully saturated rings. The van der Waals surface area contributed by atoms with Gasteiger partial charge in [0.05, 0.1) is 4.92 Å². The first-order valence-electron chi connectivity index (χ1n) is 6.85. The van der Waals surface area contributed by atoms with Gasteiger partial charge in [-0.25, -0.2) is 13.1 Å². The number of nitrogens with one attached hydrogen (secondary N) is 2. The van der Waals surface area contributed by atoms with E-state index in [9.17, 15) is 18.5 Å². The first-order chi connectivity index (χ1) is 10.8. The van der Waals surface area contributed by atoms with Crippen LogP contribution in [0, 0.1) is 24.0 Å². The van der Waals surface area contributed by atoms with Gasteiger partial charge in [0.15, 0.2) is 0 Å². The Morgan fingerprint density at radius 3 is 2.52 bits per heavy atom. The Morgan fingerprint density at radius 2 is 1.91 bits per heavy atom. The zero-order valence-corrected chi connectivity index (χ0v) is 14.3. The number of sulfonamides is 1. The third kappa shape index (κ3) is 4.27. The number of para-hydroxylation sites is 1. The van der Waals surface area contributed by atoms with E-state index in [1.807, 2.05) is 6.92 Å². The van der Waals surface area contributed by atoms with Crippen molar-refractivity contribution in [2.24, 2.45) is 0 Å². The van der Waals surface area contributed by atoms with Gasteiger partial charge in [-0.1, -0.05) is 12.1 Å². The second-order valence-corrected chi connectivity index (χ2v) is 8.20. The molecule has 1 heterocycles. The highest BCUT2D eigenvalue weighted by Gasteiger charge is 2.17. The van der Waals surface area contributed by atoms with Crippen LogP contribution in [0.25, 0.3) is 0 Å². The summed E-state index contributed by atoms with van der Waals surface area (Å²) >= 11 is 1.20. The molecule has 0 spiro atoms. The van der Waals surface area contributed by atoms with Crippen molar-refractivity contribution >= 4 is 32.7 Å². The second kappa shape index (κ2) is 7.07. The van der Waals surface area contributed by atoms with E-state index in [0.717, 1.165) is 10.4 Å². The molecule has 2 rings (SSSR count). The summed E-state index contributed by atoms with van der Waals surface area (Å²) in [6.45, 7) is 3.97. The Morgan fingerprint density at radius 1 is 1.17 bits per heavy atom. The van der Waals surface area contributed by atoms with Crippen molar-refractivity contribution in [2.75, 3.05) is 18.4 Å². The van der Waals surface area contributed by atoms with Crippen molar-refractivity contribution in [1.82, 2.24) is 4.72 Å². The van der Waals surface area contributed by atoms with E-state index in [2.05, 4.69) is 10.0 Å². The quantitative estimate of drug-likeness (QED) is 0.452. The fraction of sp³-hybridized carbons (Fsp3) is 0.286. The number of benzene rings is 1. The number of rotatable bonds is 7. The Kier molecular flexibility index (Phi) is 5.34. The van der Waals surface area contributed by atoms with Gasteiger partial charge in [0.1, 0.15) is 9.90 Å². The van der Waals surface area contributed by atoms with Crippen LogP contribution in [0.1, 0.15) is 10.4 Å². The predicted octanol–water partition coefficient (Wildman–Crippen LogP) is 2.66. The maximum Gasteiger partial charge on any atom is 0.292 e. The SMILES string of the molecule is Cc1ccc(S(=O)(=O)NCCNc2c(C)cccc2[N+](=O)[O-])s1. The number of anilines is 1. The van der Waals surface area contributed by atoms with Crippen LogP contribution in [0.3, 0.4) is 0 Å². The summed E-state index contributed by atoms with van der Waals surface area (Å²) in [6.07, 6.45) is 0. The molecule has 23 heavy (non-hydrogen) atoms. The largest absolute Gasteiger partial charge is 0.378 e. The molecule has 1 aromatic carbocycles. The van der Waals surface area contributed by atoms with Gasteiger partial charge in [-0.15, -0.1) is 11.3 Å². The van der Waals surface area contributed by atoms with Crippen molar-refractivity contribution < 1.29 is 13.3 Å². The number of hydrogen-bond acceptors (Lipinski definition) is 6. The van der Waals surface area contributed by atoms with E-state index in [4.69, 9.17) is 0 Å². The average Bonchev–Trinajstić information content (AvgIpc) is 2.92. The van der Waals surface area contributed by atoms with E-state index in [1.54, 1.807) is 31.2 Å². The van der Waals surface area contributed by atoms with Crippen molar-refractivity contribution in [3.8, 4) is 0 Å². The maximum atomic E-state index is 12.1. The molecule has 0 aliphatic rings. The van der Waals surface area contributed by atoms with Gasteiger partial charge in [-0.05, 0) is 31.5 Å². The minimum atomic E-state index is -3.54. The lowest BCUT2D eigenvalue weighted by Crippen LogP contribution is -2.28. The maximum absolute atomic E-state index is 12.1. The molecular formula is C14H17N3O4S2. The molecule has 0 atom stereocenters. The number of aryl methyl sites for hydroxylation is 2. The van der Waals surface area contributed by atoms with Crippen molar-refractivity contribution in [3.05, 3.63) is 50.9 Å². The van der Waals surface area contributed by atoms with Crippen LogP contribution in [0.4, 0.5) is 11.4 Å². The molecule has 0 saturated carbocycles. The molecule has 2 N–H and O–H groups in total. The zero-order chi connectivity index (χ0) is 17.0. The third-order valence-corrected chi connectivity index (χ3v) is 6.10. The number of nitro benzene ring substituents is 1. The fourth-order valence-electron chi connectivity index (χ4n) is 2.03. The van der Waals surface area contributed by atoms with E-state index in [1.165, 1.54) is 17.4 Å². The highest BCUT2D eigenvalue weighted by Crippen LogP contribution is 2.27. The molecule has 9 heteroatoms. The highest BCUT2D eigenvalue weighted by atomic mass is 32.2. The van der Waals surface area contributed by atoms with E-state index in [-0.39, 0.29) is 23.0 Å². The summed E-state index contributed by atoms with van der Waals surface area (Å²) in [5.74, 6) is 0. The van der Waals surface area contributed by atoms with Gasteiger partial charge >= 0.3 is 0 Å². The van der Waals surface area contributed by atoms with Crippen LogP contribution in [0.5, 0.6) is 0 Å². The number of nitro groups is 1. The molecule has 2 aromatic rings. The molecule has 0 aliphatic carbocycles. The zero-order valence-electron chi connectivity index (χ0n) is 12.7. The topological polar surface area (TPSA) is 101 Å². The lowest BCUT2D eigenvalue weighted by molar-refractivity contribution is -0.384. The Hall–Kier alpha value is -1.97. The molecule has 0 radical (unpaired) electrons. The third-order valence-electron chi connectivity index (χ3n) is 3.15. The number of hydrogen-bond donors (Lipinski definition) is 2. The van der Waals surface area contributed by atoms with Crippen LogP contribution in [-0.4, -0.2) is 26.4 Å². The minimum absolute atomic E-state index is 0.0262. The summed E-state index contributed by atoms with van der Waals surface area (Å²) < 4.78 is 26.9. The fourth-order valence-corrected chi connectivity index (χ4v) is 4.39. The molecule has 7 nitrogen and oxygen atoms in total. The highest BCUT2D eigenvalue weighted by molar-refractivity contribution is 7.91. The number of nitrogens with zero attached hydrogens (tertiary/aromatic N) is 1. The van der Waals surface area contributed by atoms with Crippen molar-refractivity contribution in [2.45, 2.75) is 18.1 Å². The molecule has 124 valence electrons. The van der Waals surface area contributed by atoms with Gasteiger partial charge in [0.25, 0.3) is 5.69 Å². The monoisotopic (exact) mass is 355 g/mol. The summed E-state index contributed by atoms with van der Waals surface area (Å²) in [7, 11) is -3.54. The summed E-state index contributed by atoms with van der Waals surface area (Å²) in [4.78, 5) is 11.5. The second-order valence-electron chi connectivity index (χ2n) is 4.92. The summed E-state index contributed by atoms with van der Waals surface area (Å²) in [6, 6.07) is 8.08. The van der Waals surface area contributed by atoms with Crippen LogP contribution >= 0.6 is 11.3 Å². The first-order valence-corrected chi connectivity index (χ1v) is 9.15. The van der Waals surface area contributed by atoms with E-state index in [0.29, 0.717) is 5.69 Å². The Balaban J connectivity index is 1.97. The molecule has 1 aromatic heterocycles. The van der Waals surface area contributed by atoms with Crippen LogP contribution < -0.4 is 10.0 Å². The smallest absolute Gasteiger partial charge is 0.292 e. The van der Waals surface area contributed by atoms with E-state index < -0.39 is 14.9 Å². The van der Waals surface area contributed by atoms with E-state index >= 15 is 0 Å². The Labute approximate surface area is 138 Å². The minimum Gasteiger partial charge on any atom is -0.378 e. The molecule has 0 unspecified atom stereocenters. The predicted molar refractivity (Wildman–Crippen MR) is 90.6 cm³/mol. The van der Waals surface area contributed by atoms with Crippen molar-refractivity contribution in [3.63, 3.8) is 0 Å². The summed E-state index contributed by atoms with van der Waals surface area (Å²) in [5, 5.41) is 13.9. The average molecular weight is 355 g/mol. The van der Waals surface area contributed by atoms with Crippen LogP contribution in [0.15, 0.2) is 34.5 Å². The van der Waals surface area contributed by atoms with Gasteiger partial charge in [-0.3, -0.25) is 10.1 Å². The van der Waals surface area contributed by atoms with Crippen LogP contribution in [-0.2, 0) is 10.0 Å². The molecule has 0 aliphatic heterocycles. The van der Waals surface area contributed by atoms with Gasteiger partial charge in [0, 0.05) is 24.0 Å². The molecule has 0 amide bonds. The summed E-state index contributed by atoms with van der Waals surface area (Å²) in [5.41, 5.74) is 1.11. The normalized spacial score (nSPS) is 11.4. The molecular weight excluding hydrogens is 338 g/mol. The Bertz CT molecular complexity index is 815. The lowest BCUT2D eigenvalue weighted by Gasteiger charge is -2.10.